The highest BCUT2D eigenvalue weighted by Crippen LogP contribution is 2.36. The molecule has 2 heterocycles. The SMILES string of the molecule is CO/N=C1/C(c2c(O)n(C)c3ccccc23)=Nc2ccccc21. The molecule has 0 fully saturated rings. The Morgan fingerprint density at radius 3 is 2.65 bits per heavy atom. The Hall–Kier alpha value is -3.08. The maximum atomic E-state index is 10.6. The maximum absolute atomic E-state index is 10.6. The third-order valence-corrected chi connectivity index (χ3v) is 4.11. The van der Waals surface area contributed by atoms with E-state index < -0.39 is 0 Å². The van der Waals surface area contributed by atoms with E-state index in [1.54, 1.807) is 4.57 Å². The summed E-state index contributed by atoms with van der Waals surface area (Å²) in [7, 11) is 3.34. The van der Waals surface area contributed by atoms with Crippen LogP contribution in [0.15, 0.2) is 58.7 Å². The number of aromatic hydroxyl groups is 1. The summed E-state index contributed by atoms with van der Waals surface area (Å²) >= 11 is 0. The van der Waals surface area contributed by atoms with Crippen LogP contribution in [0, 0.1) is 0 Å². The van der Waals surface area contributed by atoms with Gasteiger partial charge in [0, 0.05) is 18.0 Å². The van der Waals surface area contributed by atoms with E-state index in [4.69, 9.17) is 4.84 Å². The third kappa shape index (κ3) is 1.86. The molecule has 0 aliphatic carbocycles. The van der Waals surface area contributed by atoms with Gasteiger partial charge in [-0.2, -0.15) is 0 Å². The largest absolute Gasteiger partial charge is 0.494 e. The lowest BCUT2D eigenvalue weighted by atomic mass is 10.0. The zero-order valence-electron chi connectivity index (χ0n) is 12.8. The first-order chi connectivity index (χ1) is 11.2. The highest BCUT2D eigenvalue weighted by Gasteiger charge is 2.29. The minimum Gasteiger partial charge on any atom is -0.494 e. The molecule has 4 rings (SSSR count). The Morgan fingerprint density at radius 2 is 1.83 bits per heavy atom. The van der Waals surface area contributed by atoms with Gasteiger partial charge in [-0.25, -0.2) is 4.99 Å². The first kappa shape index (κ1) is 13.6. The molecule has 0 bridgehead atoms. The predicted octanol–water partition coefficient (Wildman–Crippen LogP) is 3.37. The second-order valence-electron chi connectivity index (χ2n) is 5.37. The van der Waals surface area contributed by atoms with Gasteiger partial charge in [-0.15, -0.1) is 0 Å². The van der Waals surface area contributed by atoms with Crippen molar-refractivity contribution >= 4 is 28.0 Å². The van der Waals surface area contributed by atoms with Crippen molar-refractivity contribution in [2.75, 3.05) is 7.11 Å². The molecular formula is C18H15N3O2. The number of fused-ring (bicyclic) bond motifs is 2. The molecule has 0 saturated heterocycles. The summed E-state index contributed by atoms with van der Waals surface area (Å²) in [6, 6.07) is 15.6. The van der Waals surface area contributed by atoms with Gasteiger partial charge in [0.2, 0.25) is 5.88 Å². The molecule has 0 spiro atoms. The van der Waals surface area contributed by atoms with Crippen LogP contribution in [-0.2, 0) is 11.9 Å². The normalized spacial score (nSPS) is 15.0. The van der Waals surface area contributed by atoms with Crippen LogP contribution in [0.5, 0.6) is 5.88 Å². The smallest absolute Gasteiger partial charge is 0.201 e. The minimum absolute atomic E-state index is 0.168. The lowest BCUT2D eigenvalue weighted by Gasteiger charge is -2.03. The van der Waals surface area contributed by atoms with Gasteiger partial charge < -0.3 is 14.5 Å². The summed E-state index contributed by atoms with van der Waals surface area (Å²) in [5, 5.41) is 15.7. The number of aryl methyl sites for hydroxylation is 1. The molecule has 1 aliphatic heterocycles. The van der Waals surface area contributed by atoms with Crippen LogP contribution in [0.25, 0.3) is 10.9 Å². The van der Waals surface area contributed by atoms with Gasteiger partial charge >= 0.3 is 0 Å². The van der Waals surface area contributed by atoms with Gasteiger partial charge in [0.25, 0.3) is 0 Å². The monoisotopic (exact) mass is 305 g/mol. The lowest BCUT2D eigenvalue weighted by molar-refractivity contribution is 0.214. The van der Waals surface area contributed by atoms with Gasteiger partial charge in [-0.05, 0) is 12.1 Å². The zero-order chi connectivity index (χ0) is 16.0. The molecule has 2 aromatic carbocycles. The predicted molar refractivity (Wildman–Crippen MR) is 90.8 cm³/mol. The van der Waals surface area contributed by atoms with Crippen LogP contribution in [-0.4, -0.2) is 28.2 Å². The average molecular weight is 305 g/mol. The Kier molecular flexibility index (Phi) is 2.94. The number of aromatic nitrogens is 1. The van der Waals surface area contributed by atoms with Gasteiger partial charge in [-0.3, -0.25) is 0 Å². The van der Waals surface area contributed by atoms with Crippen LogP contribution < -0.4 is 0 Å². The summed E-state index contributed by atoms with van der Waals surface area (Å²) in [5.74, 6) is 0.168. The minimum atomic E-state index is 0.168. The molecule has 1 N–H and O–H groups in total. The van der Waals surface area contributed by atoms with E-state index in [1.807, 2.05) is 55.6 Å². The molecule has 114 valence electrons. The van der Waals surface area contributed by atoms with Crippen molar-refractivity contribution in [1.29, 1.82) is 0 Å². The molecular weight excluding hydrogens is 290 g/mol. The van der Waals surface area contributed by atoms with Crippen LogP contribution >= 0.6 is 0 Å². The molecule has 1 aromatic heterocycles. The van der Waals surface area contributed by atoms with Crippen molar-refractivity contribution in [1.82, 2.24) is 4.57 Å². The molecule has 1 aliphatic rings. The van der Waals surface area contributed by atoms with E-state index in [1.165, 1.54) is 7.11 Å². The second-order valence-corrected chi connectivity index (χ2v) is 5.37. The first-order valence-corrected chi connectivity index (χ1v) is 7.28. The van der Waals surface area contributed by atoms with Gasteiger partial charge in [-0.1, -0.05) is 41.6 Å². The Labute approximate surface area is 133 Å². The zero-order valence-corrected chi connectivity index (χ0v) is 12.8. The van der Waals surface area contributed by atoms with E-state index in [0.29, 0.717) is 17.0 Å². The molecule has 23 heavy (non-hydrogen) atoms. The Balaban J connectivity index is 2.03. The Bertz CT molecular complexity index is 983. The number of rotatable bonds is 2. The number of nitrogens with zero attached hydrogens (tertiary/aromatic N) is 3. The number of hydrogen-bond donors (Lipinski definition) is 1. The summed E-state index contributed by atoms with van der Waals surface area (Å²) in [4.78, 5) is 9.69. The number of oxime groups is 1. The van der Waals surface area contributed by atoms with E-state index >= 15 is 0 Å². The molecule has 5 heteroatoms. The van der Waals surface area contributed by atoms with E-state index in [9.17, 15) is 5.11 Å². The van der Waals surface area contributed by atoms with Gasteiger partial charge in [0.1, 0.15) is 18.5 Å². The van der Waals surface area contributed by atoms with Crippen molar-refractivity contribution in [3.05, 3.63) is 59.7 Å². The standard InChI is InChI=1S/C18H15N3O2/c1-21-14-10-6-4-8-12(14)15(18(21)22)17-16(20-23-2)11-7-3-5-9-13(11)19-17/h3-10,22H,1-2H3/b20-16+. The van der Waals surface area contributed by atoms with Crippen molar-refractivity contribution in [3.8, 4) is 5.88 Å². The van der Waals surface area contributed by atoms with Gasteiger partial charge in [0.15, 0.2) is 0 Å². The number of benzene rings is 2. The highest BCUT2D eigenvalue weighted by molar-refractivity contribution is 6.58. The molecule has 0 radical (unpaired) electrons. The lowest BCUT2D eigenvalue weighted by Crippen LogP contribution is -2.13. The topological polar surface area (TPSA) is 59.1 Å². The van der Waals surface area contributed by atoms with Crippen LogP contribution in [0.2, 0.25) is 0 Å². The van der Waals surface area contributed by atoms with Crippen LogP contribution in [0.1, 0.15) is 11.1 Å². The fourth-order valence-electron chi connectivity index (χ4n) is 3.04. The molecule has 0 unspecified atom stereocenters. The first-order valence-electron chi connectivity index (χ1n) is 7.28. The van der Waals surface area contributed by atoms with Crippen molar-refractivity contribution in [2.24, 2.45) is 17.2 Å². The molecule has 3 aromatic rings. The fraction of sp³-hybridized carbons (Fsp3) is 0.111. The molecule has 0 atom stereocenters. The molecule has 0 amide bonds. The highest BCUT2D eigenvalue weighted by atomic mass is 16.6. The fourth-order valence-corrected chi connectivity index (χ4v) is 3.04. The number of para-hydroxylation sites is 2. The summed E-state index contributed by atoms with van der Waals surface area (Å²) in [6.07, 6.45) is 0. The summed E-state index contributed by atoms with van der Waals surface area (Å²) < 4.78 is 1.75. The van der Waals surface area contributed by atoms with Crippen LogP contribution in [0.3, 0.4) is 0 Å². The average Bonchev–Trinajstić information content (AvgIpc) is 3.05. The van der Waals surface area contributed by atoms with Crippen LogP contribution in [0.4, 0.5) is 5.69 Å². The molecule has 0 saturated carbocycles. The number of hydrogen-bond acceptors (Lipinski definition) is 4. The quantitative estimate of drug-likeness (QED) is 0.738. The van der Waals surface area contributed by atoms with E-state index in [0.717, 1.165) is 22.2 Å². The maximum Gasteiger partial charge on any atom is 0.201 e. The van der Waals surface area contributed by atoms with Crippen molar-refractivity contribution in [3.63, 3.8) is 0 Å². The Morgan fingerprint density at radius 1 is 1.09 bits per heavy atom. The van der Waals surface area contributed by atoms with E-state index in [2.05, 4.69) is 10.1 Å². The van der Waals surface area contributed by atoms with Gasteiger partial charge in [0.05, 0.1) is 16.8 Å². The van der Waals surface area contributed by atoms with Crippen molar-refractivity contribution < 1.29 is 9.94 Å². The van der Waals surface area contributed by atoms with Crippen molar-refractivity contribution in [2.45, 2.75) is 0 Å². The summed E-state index contributed by atoms with van der Waals surface area (Å²) in [5.41, 5.74) is 4.60. The second kappa shape index (κ2) is 4.98. The summed E-state index contributed by atoms with van der Waals surface area (Å²) in [6.45, 7) is 0. The third-order valence-electron chi connectivity index (χ3n) is 4.11. The van der Waals surface area contributed by atoms with E-state index in [-0.39, 0.29) is 5.88 Å². The number of aliphatic imine (C=N–C) groups is 1. The molecule has 5 nitrogen and oxygen atoms in total.